The maximum atomic E-state index is 12.8. The van der Waals surface area contributed by atoms with E-state index >= 15 is 0 Å². The van der Waals surface area contributed by atoms with E-state index in [1.165, 1.54) is 44.9 Å². The average Bonchev–Trinajstić information content (AvgIpc) is 3.25. The normalized spacial score (nSPS) is 37.2. The molecule has 9 atom stereocenters. The number of fused-ring (bicyclic) bond motifs is 5. The van der Waals surface area contributed by atoms with Crippen molar-refractivity contribution in [2.24, 2.45) is 46.3 Å². The van der Waals surface area contributed by atoms with Crippen LogP contribution < -0.4 is 21.9 Å². The summed E-state index contributed by atoms with van der Waals surface area (Å²) in [6.45, 7) is 7.70. The van der Waals surface area contributed by atoms with Crippen molar-refractivity contribution in [2.45, 2.75) is 104 Å². The molecular formula is C33H51ClN2O4. The molecule has 224 valence electrons. The molecule has 1 aromatic rings. The number of aromatic nitrogens is 1. The first-order valence-corrected chi connectivity index (χ1v) is 15.6. The number of carboxylic acid groups (broad SMARTS) is 1. The third-order valence-corrected chi connectivity index (χ3v) is 12.2. The lowest BCUT2D eigenvalue weighted by Gasteiger charge is -2.61. The van der Waals surface area contributed by atoms with E-state index in [0.717, 1.165) is 42.7 Å². The summed E-state index contributed by atoms with van der Waals surface area (Å²) in [4.78, 5) is 26.1. The Morgan fingerprint density at radius 2 is 1.70 bits per heavy atom. The number of nitrogens with zero attached hydrogens (tertiary/aromatic N) is 2. The lowest BCUT2D eigenvalue weighted by atomic mass is 9.44. The maximum absolute atomic E-state index is 12.8. The maximum Gasteiger partial charge on any atom is 0.372 e. The Morgan fingerprint density at radius 3 is 2.38 bits per heavy atom. The second-order valence-corrected chi connectivity index (χ2v) is 14.3. The number of ether oxygens (including phenoxy) is 1. The first kappa shape index (κ1) is 31.1. The van der Waals surface area contributed by atoms with Crippen molar-refractivity contribution in [3.05, 3.63) is 24.5 Å². The third kappa shape index (κ3) is 5.89. The van der Waals surface area contributed by atoms with Gasteiger partial charge in [0.05, 0.1) is 0 Å². The van der Waals surface area contributed by atoms with Crippen LogP contribution in [0.2, 0.25) is 0 Å². The molecule has 0 radical (unpaired) electrons. The minimum Gasteiger partial charge on any atom is -1.00 e. The smallest absolute Gasteiger partial charge is 0.372 e. The molecule has 40 heavy (non-hydrogen) atoms. The highest BCUT2D eigenvalue weighted by Gasteiger charge is 2.60. The van der Waals surface area contributed by atoms with Crippen molar-refractivity contribution < 1.29 is 36.4 Å². The molecule has 7 heteroatoms. The molecule has 0 aliphatic heterocycles. The van der Waals surface area contributed by atoms with E-state index in [0.29, 0.717) is 35.0 Å². The number of anilines is 1. The van der Waals surface area contributed by atoms with Crippen LogP contribution in [0.3, 0.4) is 0 Å². The SMILES string of the molecule is C[C@H](CCC(=O)O)[C@H]1CC[C@H]2[C@@H]3CC[C@@H]4C[C@H](OC(=O)C[n+]5ccc(N(C)C)cc5)CC[C@]4(C)[C@H]3CC[C@]12C.[Cl-]. The molecule has 0 bridgehead atoms. The second-order valence-electron chi connectivity index (χ2n) is 14.3. The quantitative estimate of drug-likeness (QED) is 0.382. The van der Waals surface area contributed by atoms with Crippen LogP contribution in [-0.4, -0.2) is 37.2 Å². The molecule has 5 rings (SSSR count). The van der Waals surface area contributed by atoms with Crippen LogP contribution in [-0.2, 0) is 20.9 Å². The average molecular weight is 575 g/mol. The zero-order valence-electron chi connectivity index (χ0n) is 25.3. The zero-order chi connectivity index (χ0) is 27.9. The minimum absolute atomic E-state index is 0. The summed E-state index contributed by atoms with van der Waals surface area (Å²) in [5.41, 5.74) is 1.85. The molecule has 0 unspecified atom stereocenters. The van der Waals surface area contributed by atoms with Gasteiger partial charge in [-0.15, -0.1) is 0 Å². The Morgan fingerprint density at radius 1 is 1.02 bits per heavy atom. The van der Waals surface area contributed by atoms with Gasteiger partial charge in [-0.2, -0.15) is 4.57 Å². The summed E-state index contributed by atoms with van der Waals surface area (Å²) < 4.78 is 7.96. The van der Waals surface area contributed by atoms with Crippen LogP contribution in [0.1, 0.15) is 91.4 Å². The molecule has 6 nitrogen and oxygen atoms in total. The van der Waals surface area contributed by atoms with Gasteiger partial charge in [-0.3, -0.25) is 4.79 Å². The molecule has 1 aromatic heterocycles. The van der Waals surface area contributed by atoms with Gasteiger partial charge >= 0.3 is 11.9 Å². The van der Waals surface area contributed by atoms with E-state index in [1.807, 2.05) is 43.2 Å². The molecule has 1 heterocycles. The number of rotatable bonds is 8. The molecule has 0 amide bonds. The van der Waals surface area contributed by atoms with Gasteiger partial charge < -0.3 is 27.2 Å². The second kappa shape index (κ2) is 12.2. The molecule has 1 N–H and O–H groups in total. The van der Waals surface area contributed by atoms with Gasteiger partial charge in [-0.1, -0.05) is 20.8 Å². The van der Waals surface area contributed by atoms with Gasteiger partial charge in [-0.25, -0.2) is 4.79 Å². The number of esters is 1. The highest BCUT2D eigenvalue weighted by molar-refractivity contribution is 5.68. The van der Waals surface area contributed by atoms with Crippen LogP contribution >= 0.6 is 0 Å². The van der Waals surface area contributed by atoms with Crippen molar-refractivity contribution in [3.63, 3.8) is 0 Å². The van der Waals surface area contributed by atoms with Crippen molar-refractivity contribution in [1.29, 1.82) is 0 Å². The third-order valence-electron chi connectivity index (χ3n) is 12.2. The van der Waals surface area contributed by atoms with E-state index in [-0.39, 0.29) is 31.0 Å². The van der Waals surface area contributed by atoms with Crippen LogP contribution in [0.15, 0.2) is 24.5 Å². The molecule has 4 fully saturated rings. The summed E-state index contributed by atoms with van der Waals surface area (Å²) >= 11 is 0. The fourth-order valence-electron chi connectivity index (χ4n) is 10.1. The largest absolute Gasteiger partial charge is 1.00 e. The predicted molar refractivity (Wildman–Crippen MR) is 152 cm³/mol. The number of halogens is 1. The van der Waals surface area contributed by atoms with Gasteiger partial charge in [0.1, 0.15) is 6.10 Å². The Balaban J connectivity index is 0.00000370. The monoisotopic (exact) mass is 574 g/mol. The molecule has 4 aliphatic carbocycles. The highest BCUT2D eigenvalue weighted by atomic mass is 35.5. The van der Waals surface area contributed by atoms with Gasteiger partial charge in [0, 0.05) is 38.3 Å². The number of carboxylic acids is 1. The number of hydrogen-bond donors (Lipinski definition) is 1. The Bertz CT molecular complexity index is 1050. The van der Waals surface area contributed by atoms with Crippen molar-refractivity contribution in [3.8, 4) is 0 Å². The van der Waals surface area contributed by atoms with E-state index in [2.05, 4.69) is 25.7 Å². The fourth-order valence-corrected chi connectivity index (χ4v) is 10.1. The van der Waals surface area contributed by atoms with E-state index in [1.54, 1.807) is 0 Å². The summed E-state index contributed by atoms with van der Waals surface area (Å²) in [7, 11) is 4.03. The summed E-state index contributed by atoms with van der Waals surface area (Å²) in [5.74, 6) is 3.41. The van der Waals surface area contributed by atoms with Crippen molar-refractivity contribution in [2.75, 3.05) is 19.0 Å². The molecule has 4 saturated carbocycles. The number of carbonyl (C=O) groups excluding carboxylic acids is 1. The van der Waals surface area contributed by atoms with Crippen LogP contribution in [0.4, 0.5) is 5.69 Å². The number of pyridine rings is 1. The first-order valence-electron chi connectivity index (χ1n) is 15.6. The standard InChI is InChI=1S/C33H50N2O4.ClH/c1-22(6-11-30(36)37)27-9-10-28-26-8-7-23-20-25(12-16-32(23,2)29(26)13-17-33(27,28)3)39-31(38)21-35-18-14-24(15-19-35)34(4)5;/h14-15,18-19,22-23,25-29H,6-13,16-17,20-21H2,1-5H3;1H/t22-,23-,25-,26+,27-,28+,29+,32+,33-;/m1./s1. The van der Waals surface area contributed by atoms with Gasteiger partial charge in [-0.05, 0) is 111 Å². The topological polar surface area (TPSA) is 70.7 Å². The van der Waals surface area contributed by atoms with E-state index < -0.39 is 5.97 Å². The summed E-state index contributed by atoms with van der Waals surface area (Å²) in [6.07, 6.45) is 16.0. The molecule has 0 spiro atoms. The Labute approximate surface area is 247 Å². The lowest BCUT2D eigenvalue weighted by Crippen LogP contribution is -3.00. The molecular weight excluding hydrogens is 524 g/mol. The van der Waals surface area contributed by atoms with Gasteiger partial charge in [0.2, 0.25) is 6.54 Å². The van der Waals surface area contributed by atoms with Crippen LogP contribution in [0, 0.1) is 46.3 Å². The first-order chi connectivity index (χ1) is 18.5. The molecule has 0 aromatic carbocycles. The Kier molecular flexibility index (Phi) is 9.49. The molecule has 0 saturated heterocycles. The predicted octanol–water partition coefficient (Wildman–Crippen LogP) is 3.12. The number of hydrogen-bond acceptors (Lipinski definition) is 4. The number of carbonyl (C=O) groups is 2. The number of aliphatic carboxylic acids is 1. The molecule has 4 aliphatic rings. The van der Waals surface area contributed by atoms with Crippen LogP contribution in [0.5, 0.6) is 0 Å². The van der Waals surface area contributed by atoms with Crippen LogP contribution in [0.25, 0.3) is 0 Å². The summed E-state index contributed by atoms with van der Waals surface area (Å²) in [5, 5.41) is 9.22. The Hall–Kier alpha value is -1.82. The van der Waals surface area contributed by atoms with Gasteiger partial charge in [0.25, 0.3) is 0 Å². The van der Waals surface area contributed by atoms with E-state index in [9.17, 15) is 14.7 Å². The van der Waals surface area contributed by atoms with Gasteiger partial charge in [0.15, 0.2) is 12.4 Å². The fraction of sp³-hybridized carbons (Fsp3) is 0.788. The van der Waals surface area contributed by atoms with E-state index in [4.69, 9.17) is 4.74 Å². The summed E-state index contributed by atoms with van der Waals surface area (Å²) in [6, 6.07) is 4.05. The minimum atomic E-state index is -0.657. The zero-order valence-corrected chi connectivity index (χ0v) is 26.0. The van der Waals surface area contributed by atoms with Crippen molar-refractivity contribution >= 4 is 17.6 Å². The van der Waals surface area contributed by atoms with Crippen molar-refractivity contribution in [1.82, 2.24) is 0 Å². The lowest BCUT2D eigenvalue weighted by molar-refractivity contribution is -0.686. The highest BCUT2D eigenvalue weighted by Crippen LogP contribution is 2.68.